The van der Waals surface area contributed by atoms with Crippen LogP contribution in [0.25, 0.3) is 0 Å². The van der Waals surface area contributed by atoms with Crippen molar-refractivity contribution in [2.45, 2.75) is 25.3 Å². The van der Waals surface area contributed by atoms with Crippen molar-refractivity contribution in [3.63, 3.8) is 0 Å². The molecule has 0 spiro atoms. The zero-order valence-electron chi connectivity index (χ0n) is 12.0. The molecule has 0 aliphatic heterocycles. The summed E-state index contributed by atoms with van der Waals surface area (Å²) in [6.07, 6.45) is 6.44. The Hall–Kier alpha value is -1.85. The van der Waals surface area contributed by atoms with Crippen LogP contribution in [0.5, 0.6) is 5.75 Å². The quantitative estimate of drug-likeness (QED) is 0.592. The topological polar surface area (TPSA) is 65.1 Å². The second kappa shape index (κ2) is 7.07. The smallest absolute Gasteiger partial charge is 0.122 e. The maximum Gasteiger partial charge on any atom is 0.122 e. The third kappa shape index (κ3) is 3.59. The number of nitrogens with two attached hydrogens (primary N) is 1. The van der Waals surface area contributed by atoms with E-state index in [9.17, 15) is 0 Å². The lowest BCUT2D eigenvalue weighted by Crippen LogP contribution is -2.37. The van der Waals surface area contributed by atoms with Crippen molar-refractivity contribution < 1.29 is 4.74 Å². The van der Waals surface area contributed by atoms with Crippen molar-refractivity contribution in [1.29, 1.82) is 0 Å². The van der Waals surface area contributed by atoms with Crippen LogP contribution in [0.3, 0.4) is 0 Å². The monoisotopic (exact) mass is 274 g/mol. The molecule has 0 amide bonds. The molecule has 2 aromatic rings. The Labute approximate surface area is 119 Å². The van der Waals surface area contributed by atoms with E-state index < -0.39 is 0 Å². The molecule has 5 heteroatoms. The summed E-state index contributed by atoms with van der Waals surface area (Å²) in [5.74, 6) is 7.65. The summed E-state index contributed by atoms with van der Waals surface area (Å²) in [7, 11) is 3.70. The zero-order chi connectivity index (χ0) is 14.4. The summed E-state index contributed by atoms with van der Waals surface area (Å²) in [5, 5.41) is 0. The number of ether oxygens (including phenoxy) is 1. The zero-order valence-corrected chi connectivity index (χ0v) is 12.0. The number of hydrazine groups is 1. The number of aromatic nitrogens is 2. The van der Waals surface area contributed by atoms with Gasteiger partial charge in [-0.15, -0.1) is 0 Å². The molecule has 5 nitrogen and oxygen atoms in total. The molecule has 2 rings (SSSR count). The molecule has 0 saturated carbocycles. The van der Waals surface area contributed by atoms with Crippen molar-refractivity contribution >= 4 is 0 Å². The average Bonchev–Trinajstić information content (AvgIpc) is 2.89. The van der Waals surface area contributed by atoms with E-state index in [1.165, 1.54) is 0 Å². The van der Waals surface area contributed by atoms with E-state index in [-0.39, 0.29) is 6.04 Å². The maximum absolute atomic E-state index is 5.67. The lowest BCUT2D eigenvalue weighted by atomic mass is 10.0. The van der Waals surface area contributed by atoms with Crippen molar-refractivity contribution in [3.8, 4) is 5.75 Å². The number of imidazole rings is 1. The van der Waals surface area contributed by atoms with Gasteiger partial charge in [-0.2, -0.15) is 0 Å². The molecular weight excluding hydrogens is 252 g/mol. The number of para-hydroxylation sites is 1. The van der Waals surface area contributed by atoms with E-state index >= 15 is 0 Å². The highest BCUT2D eigenvalue weighted by atomic mass is 16.5. The molecule has 0 bridgehead atoms. The fourth-order valence-corrected chi connectivity index (χ4v) is 2.32. The van der Waals surface area contributed by atoms with Crippen LogP contribution in [-0.4, -0.2) is 22.7 Å². The summed E-state index contributed by atoms with van der Waals surface area (Å²) in [6, 6.07) is 8.24. The molecule has 1 atom stereocenters. The number of hydrogen-bond acceptors (Lipinski definition) is 4. The molecular formula is C15H22N4O. The summed E-state index contributed by atoms with van der Waals surface area (Å²) in [5.41, 5.74) is 4.06. The first kappa shape index (κ1) is 14.6. The van der Waals surface area contributed by atoms with Gasteiger partial charge >= 0.3 is 0 Å². The van der Waals surface area contributed by atoms with Gasteiger partial charge in [-0.05, 0) is 24.5 Å². The van der Waals surface area contributed by atoms with Crippen molar-refractivity contribution in [3.05, 3.63) is 48.0 Å². The molecule has 1 heterocycles. The van der Waals surface area contributed by atoms with Crippen LogP contribution < -0.4 is 16.0 Å². The Kier molecular flexibility index (Phi) is 5.15. The van der Waals surface area contributed by atoms with E-state index in [0.29, 0.717) is 0 Å². The van der Waals surface area contributed by atoms with Gasteiger partial charge in [0.2, 0.25) is 0 Å². The van der Waals surface area contributed by atoms with Gasteiger partial charge in [-0.3, -0.25) is 11.3 Å². The van der Waals surface area contributed by atoms with Gasteiger partial charge in [0.25, 0.3) is 0 Å². The van der Waals surface area contributed by atoms with Gasteiger partial charge in [0, 0.05) is 31.9 Å². The SMILES string of the molecule is COc1ccccc1CC(CCc1nccn1C)NN. The van der Waals surface area contributed by atoms with Gasteiger partial charge in [0.05, 0.1) is 7.11 Å². The second-order valence-electron chi connectivity index (χ2n) is 4.87. The minimum Gasteiger partial charge on any atom is -0.496 e. The fraction of sp³-hybridized carbons (Fsp3) is 0.400. The Balaban J connectivity index is 1.97. The van der Waals surface area contributed by atoms with Crippen LogP contribution >= 0.6 is 0 Å². The molecule has 3 N–H and O–H groups in total. The van der Waals surface area contributed by atoms with Crippen LogP contribution in [0.1, 0.15) is 17.8 Å². The third-order valence-corrected chi connectivity index (χ3v) is 3.53. The molecule has 0 radical (unpaired) electrons. The molecule has 1 aromatic carbocycles. The van der Waals surface area contributed by atoms with E-state index in [0.717, 1.165) is 36.4 Å². The predicted molar refractivity (Wildman–Crippen MR) is 79.3 cm³/mol. The van der Waals surface area contributed by atoms with Crippen LogP contribution in [-0.2, 0) is 19.9 Å². The van der Waals surface area contributed by atoms with E-state index in [1.54, 1.807) is 7.11 Å². The minimum atomic E-state index is 0.197. The number of aryl methyl sites for hydroxylation is 2. The molecule has 1 aromatic heterocycles. The number of nitrogens with one attached hydrogen (secondary N) is 1. The molecule has 108 valence electrons. The van der Waals surface area contributed by atoms with E-state index in [2.05, 4.69) is 16.5 Å². The first-order chi connectivity index (χ1) is 9.74. The Morgan fingerprint density at radius 1 is 1.40 bits per heavy atom. The van der Waals surface area contributed by atoms with Crippen molar-refractivity contribution in [2.24, 2.45) is 12.9 Å². The summed E-state index contributed by atoms with van der Waals surface area (Å²) in [6.45, 7) is 0. The van der Waals surface area contributed by atoms with Crippen molar-refractivity contribution in [1.82, 2.24) is 15.0 Å². The second-order valence-corrected chi connectivity index (χ2v) is 4.87. The fourth-order valence-electron chi connectivity index (χ4n) is 2.32. The Morgan fingerprint density at radius 3 is 2.85 bits per heavy atom. The number of rotatable bonds is 7. The minimum absolute atomic E-state index is 0.197. The number of methoxy groups -OCH3 is 1. The molecule has 0 saturated heterocycles. The van der Waals surface area contributed by atoms with Crippen LogP contribution in [0, 0.1) is 0 Å². The summed E-state index contributed by atoms with van der Waals surface area (Å²) >= 11 is 0. The predicted octanol–water partition coefficient (Wildman–Crippen LogP) is 1.44. The highest BCUT2D eigenvalue weighted by Gasteiger charge is 2.12. The van der Waals surface area contributed by atoms with Gasteiger partial charge < -0.3 is 9.30 Å². The average molecular weight is 274 g/mol. The van der Waals surface area contributed by atoms with Gasteiger partial charge in [0.15, 0.2) is 0 Å². The lowest BCUT2D eigenvalue weighted by molar-refractivity contribution is 0.402. The Morgan fingerprint density at radius 2 is 2.20 bits per heavy atom. The molecule has 0 aliphatic rings. The normalized spacial score (nSPS) is 12.3. The molecule has 0 fully saturated rings. The van der Waals surface area contributed by atoms with Crippen LogP contribution in [0.2, 0.25) is 0 Å². The number of benzene rings is 1. The van der Waals surface area contributed by atoms with Crippen molar-refractivity contribution in [2.75, 3.05) is 7.11 Å². The first-order valence-corrected chi connectivity index (χ1v) is 6.78. The summed E-state index contributed by atoms with van der Waals surface area (Å²) in [4.78, 5) is 4.33. The molecule has 20 heavy (non-hydrogen) atoms. The van der Waals surface area contributed by atoms with Gasteiger partial charge in [0.1, 0.15) is 11.6 Å². The molecule has 0 aliphatic carbocycles. The Bertz CT molecular complexity index is 538. The van der Waals surface area contributed by atoms with E-state index in [4.69, 9.17) is 10.6 Å². The standard InChI is InChI=1S/C15H22N4O/c1-19-10-9-17-15(19)8-7-13(18-16)11-12-5-3-4-6-14(12)20-2/h3-6,9-10,13,18H,7-8,11,16H2,1-2H3. The number of hydrogen-bond donors (Lipinski definition) is 2. The largest absolute Gasteiger partial charge is 0.496 e. The van der Waals surface area contributed by atoms with Crippen LogP contribution in [0.4, 0.5) is 0 Å². The number of nitrogens with zero attached hydrogens (tertiary/aromatic N) is 2. The van der Waals surface area contributed by atoms with Gasteiger partial charge in [-0.25, -0.2) is 4.98 Å². The third-order valence-electron chi connectivity index (χ3n) is 3.53. The van der Waals surface area contributed by atoms with E-state index in [1.807, 2.05) is 42.2 Å². The highest BCUT2D eigenvalue weighted by molar-refractivity contribution is 5.33. The highest BCUT2D eigenvalue weighted by Crippen LogP contribution is 2.20. The lowest BCUT2D eigenvalue weighted by Gasteiger charge is -2.17. The first-order valence-electron chi connectivity index (χ1n) is 6.78. The maximum atomic E-state index is 5.67. The molecule has 1 unspecified atom stereocenters. The van der Waals surface area contributed by atoms with Gasteiger partial charge in [-0.1, -0.05) is 18.2 Å². The van der Waals surface area contributed by atoms with Crippen LogP contribution in [0.15, 0.2) is 36.7 Å². The summed E-state index contributed by atoms with van der Waals surface area (Å²) < 4.78 is 7.41.